The van der Waals surface area contributed by atoms with Gasteiger partial charge in [-0.2, -0.15) is 0 Å². The summed E-state index contributed by atoms with van der Waals surface area (Å²) in [6.45, 7) is 0. The summed E-state index contributed by atoms with van der Waals surface area (Å²) in [6, 6.07) is 23.6. The highest BCUT2D eigenvalue weighted by Gasteiger charge is 2.49. The third-order valence-corrected chi connectivity index (χ3v) is 26.3. The number of benzene rings is 22. The quantitative estimate of drug-likeness (QED) is 0.142. The van der Waals surface area contributed by atoms with Crippen molar-refractivity contribution in [1.82, 2.24) is 29.7 Å². The third-order valence-electron chi connectivity index (χ3n) is 26.3. The van der Waals surface area contributed by atoms with Crippen LogP contribution in [0, 0.1) is 0 Å². The van der Waals surface area contributed by atoms with Crippen molar-refractivity contribution in [3.63, 3.8) is 0 Å². The van der Waals surface area contributed by atoms with Crippen LogP contribution < -0.4 is 0 Å². The lowest BCUT2D eigenvalue weighted by atomic mass is 9.81. The summed E-state index contributed by atoms with van der Waals surface area (Å²) in [5.41, 5.74) is 6.50. The fourth-order valence-corrected chi connectivity index (χ4v) is 25.2. The van der Waals surface area contributed by atoms with E-state index < -0.39 is 0 Å². The number of rotatable bonds is 0. The van der Waals surface area contributed by atoms with Gasteiger partial charge in [-0.3, -0.25) is 0 Å². The minimum atomic E-state index is 1.01. The van der Waals surface area contributed by atoms with E-state index in [1.165, 1.54) is 215 Å². The normalized spacial score (nSPS) is 16.3. The first-order valence-corrected chi connectivity index (χ1v) is 29.5. The number of nitrogens with zero attached hydrogens (tertiary/aromatic N) is 6. The van der Waals surface area contributed by atoms with Gasteiger partial charge >= 0.3 is 0 Å². The SMILES string of the molecule is c1ccc2c(c1)c1ccc3c4ccccc4n4nnc5c6c7c8c9nnn2c9c2c9c%10c1c3c1c3c%10c%10c%11c3c3c%12c%13c%11c%11c%14c%13c%13c%15c%16c%14c%14c%17c%16c%16c(c7c7c%18c6c6c%19c%18c(c%15c7%16)c%13c%12c%19c3c1c6c54)c1c8c2c(c1%17)c1c%14c%11c%10c19. The first-order valence-electron chi connectivity index (χ1n) is 29.5. The van der Waals surface area contributed by atoms with Gasteiger partial charge in [0.05, 0.1) is 11.0 Å². The van der Waals surface area contributed by atoms with Crippen molar-refractivity contribution in [2.75, 3.05) is 0 Å². The van der Waals surface area contributed by atoms with E-state index in [-0.39, 0.29) is 0 Å². The van der Waals surface area contributed by atoms with Gasteiger partial charge in [-0.25, -0.2) is 9.03 Å². The molecule has 0 saturated heterocycles. The fourth-order valence-electron chi connectivity index (χ4n) is 25.2. The zero-order valence-corrected chi connectivity index (χ0v) is 41.5. The lowest BCUT2D eigenvalue weighted by Gasteiger charge is -2.20. The monoisotopic (exact) mass is 1010 g/mol. The van der Waals surface area contributed by atoms with E-state index in [0.29, 0.717) is 0 Å². The topological polar surface area (TPSA) is 60.4 Å². The number of hydrogen-bond acceptors (Lipinski definition) is 4. The van der Waals surface area contributed by atoms with Gasteiger partial charge in [0.1, 0.15) is 22.1 Å². The van der Waals surface area contributed by atoms with Gasteiger partial charge in [-0.15, -0.1) is 10.2 Å². The van der Waals surface area contributed by atoms with Crippen LogP contribution in [-0.2, 0) is 0 Å². The number of para-hydroxylation sites is 2. The zero-order chi connectivity index (χ0) is 49.2. The van der Waals surface area contributed by atoms with E-state index in [9.17, 15) is 0 Å². The maximum atomic E-state index is 5.77. The maximum Gasteiger partial charge on any atom is 0.122 e. The zero-order valence-electron chi connectivity index (χ0n) is 41.5. The molecule has 0 aliphatic rings. The lowest BCUT2D eigenvalue weighted by molar-refractivity contribution is 0.892. The van der Waals surface area contributed by atoms with Crippen LogP contribution in [0.2, 0.25) is 0 Å². The Bertz CT molecular complexity index is 8640. The van der Waals surface area contributed by atoms with Crippen molar-refractivity contribution in [3.8, 4) is 0 Å². The van der Waals surface area contributed by atoms with Gasteiger partial charge in [-0.1, -0.05) is 59.0 Å². The molecule has 0 unspecified atom stereocenters. The predicted molar refractivity (Wildman–Crippen MR) is 344 cm³/mol. The van der Waals surface area contributed by atoms with Crippen LogP contribution in [-0.4, -0.2) is 29.7 Å². The molecule has 0 N–H and O–H groups in total. The summed E-state index contributed by atoms with van der Waals surface area (Å²) < 4.78 is 4.67. The molecular weight excluding hydrogens is 997 g/mol. The largest absolute Gasteiger partial charge is 0.212 e. The lowest BCUT2D eigenvalue weighted by Crippen LogP contribution is -1.92. The highest BCUT2D eigenvalue weighted by molar-refractivity contribution is 6.83. The van der Waals surface area contributed by atoms with Crippen molar-refractivity contribution in [2.24, 2.45) is 0 Å². The molecule has 82 heavy (non-hydrogen) atoms. The fraction of sp³-hybridized carbons (Fsp3) is 0. The average Bonchev–Trinajstić information content (AvgIpc) is 1.52. The van der Waals surface area contributed by atoms with Gasteiger partial charge < -0.3 is 0 Å². The molecule has 0 saturated carbocycles. The van der Waals surface area contributed by atoms with Crippen molar-refractivity contribution in [3.05, 3.63) is 60.7 Å². The van der Waals surface area contributed by atoms with Crippen LogP contribution in [0.25, 0.3) is 356 Å². The molecule has 4 heterocycles. The van der Waals surface area contributed by atoms with Gasteiger partial charge in [0, 0.05) is 302 Å². The molecule has 0 aliphatic carbocycles. The van der Waals surface area contributed by atoms with Crippen LogP contribution in [0.3, 0.4) is 0 Å². The number of hydrogen-bond donors (Lipinski definition) is 0. The number of aromatic nitrogens is 6. The van der Waals surface area contributed by atoms with Crippen molar-refractivity contribution in [2.45, 2.75) is 0 Å². The summed E-state index contributed by atoms with van der Waals surface area (Å²) in [6.07, 6.45) is 0. The Balaban J connectivity index is 1.21. The van der Waals surface area contributed by atoms with Crippen LogP contribution >= 0.6 is 0 Å². The van der Waals surface area contributed by atoms with E-state index in [1.807, 2.05) is 0 Å². The molecule has 344 valence electrons. The van der Waals surface area contributed by atoms with Gasteiger partial charge in [0.15, 0.2) is 0 Å². The summed E-state index contributed by atoms with van der Waals surface area (Å²) in [5, 5.41) is 111. The van der Waals surface area contributed by atoms with E-state index in [2.05, 4.69) is 69.7 Å². The summed E-state index contributed by atoms with van der Waals surface area (Å²) in [5.74, 6) is 0. The van der Waals surface area contributed by atoms with E-state index >= 15 is 0 Å². The second-order valence-electron chi connectivity index (χ2n) is 27.6. The minimum Gasteiger partial charge on any atom is -0.212 e. The Morgan fingerprint density at radius 1 is 0.171 bits per heavy atom. The summed E-state index contributed by atoms with van der Waals surface area (Å²) >= 11 is 0. The van der Waals surface area contributed by atoms with E-state index in [0.717, 1.165) is 33.1 Å². The standard InChI is InChI=1S/C76H10N6/c1-3-7-15-11(5-1)13-9-10-14-12-6-2-4-8-16(12)82-76-72-65-20-18(14)17(13)19-21-22(20)24-25-23(21)47-39-33-26(25)34-28-27(33)31-29-30-32(28)38-42-36(30)44-43-35(29)41-37(31)45(39)53-57(47)64(19)71-66-59(53)49(41)55-51(43)61-52(44)56-50(42)60(54-46(38)40(34)48(24)58(54)65)67(72)63(56)70(74(76)78-80-82)68(61)69(62(55)66)73-75(71)81(15)79-77-73/h1-10H. The molecule has 4 aromatic heterocycles. The molecular formula is C76H10N6. The maximum absolute atomic E-state index is 5.77. The van der Waals surface area contributed by atoms with Crippen LogP contribution in [0.4, 0.5) is 0 Å². The van der Waals surface area contributed by atoms with Crippen LogP contribution in [0.1, 0.15) is 0 Å². The molecule has 0 amide bonds. The Kier molecular flexibility index (Phi) is 2.98. The summed E-state index contributed by atoms with van der Waals surface area (Å²) in [7, 11) is 0. The third kappa shape index (κ3) is 1.93. The molecule has 0 aliphatic heterocycles. The molecule has 35 rings (SSSR count). The van der Waals surface area contributed by atoms with Crippen LogP contribution in [0.5, 0.6) is 0 Å². The van der Waals surface area contributed by atoms with E-state index in [4.69, 9.17) is 20.6 Å². The average molecular weight is 1010 g/mol. The number of fused-ring (bicyclic) bond motifs is 10. The second kappa shape index (κ2) is 7.76. The molecule has 31 aromatic carbocycles. The second-order valence-corrected chi connectivity index (χ2v) is 27.6. The Labute approximate surface area is 444 Å². The minimum absolute atomic E-state index is 1.01. The first kappa shape index (κ1) is 31.5. The highest BCUT2D eigenvalue weighted by atomic mass is 15.4. The molecule has 0 radical (unpaired) electrons. The highest BCUT2D eigenvalue weighted by Crippen LogP contribution is 2.78. The van der Waals surface area contributed by atoms with Crippen molar-refractivity contribution >= 4 is 356 Å². The smallest absolute Gasteiger partial charge is 0.122 e. The Morgan fingerprint density at radius 3 is 0.622 bits per heavy atom. The molecule has 6 heteroatoms. The van der Waals surface area contributed by atoms with Crippen LogP contribution in [0.15, 0.2) is 60.7 Å². The molecule has 0 spiro atoms. The predicted octanol–water partition coefficient (Wildman–Crippen LogP) is 20.4. The van der Waals surface area contributed by atoms with Gasteiger partial charge in [0.25, 0.3) is 0 Å². The van der Waals surface area contributed by atoms with Crippen molar-refractivity contribution < 1.29 is 0 Å². The van der Waals surface area contributed by atoms with E-state index in [1.54, 1.807) is 108 Å². The van der Waals surface area contributed by atoms with Crippen molar-refractivity contribution in [1.29, 1.82) is 0 Å². The van der Waals surface area contributed by atoms with Gasteiger partial charge in [0.2, 0.25) is 0 Å². The first-order chi connectivity index (χ1) is 40.9. The Hall–Kier alpha value is -11.1. The Morgan fingerprint density at radius 2 is 0.366 bits per heavy atom. The molecule has 0 fully saturated rings. The molecule has 0 atom stereocenters. The molecule has 6 nitrogen and oxygen atoms in total. The van der Waals surface area contributed by atoms with Gasteiger partial charge in [-0.05, 0) is 33.7 Å². The molecule has 0 bridgehead atoms. The molecule has 35 aromatic rings. The summed E-state index contributed by atoms with van der Waals surface area (Å²) in [4.78, 5) is 0.